The van der Waals surface area contributed by atoms with Crippen LogP contribution in [-0.4, -0.2) is 25.6 Å². The average Bonchev–Trinajstić information content (AvgIpc) is 2.50. The van der Waals surface area contributed by atoms with Gasteiger partial charge in [0, 0.05) is 19.2 Å². The fraction of sp³-hybridized carbons (Fsp3) is 0.278. The summed E-state index contributed by atoms with van der Waals surface area (Å²) in [5, 5.41) is 0. The zero-order chi connectivity index (χ0) is 17.2. The van der Waals surface area contributed by atoms with Gasteiger partial charge in [0.05, 0.1) is 4.90 Å². The van der Waals surface area contributed by atoms with Gasteiger partial charge < -0.3 is 0 Å². The summed E-state index contributed by atoms with van der Waals surface area (Å²) in [7, 11) is -2.02. The third-order valence-electron chi connectivity index (χ3n) is 3.87. The molecule has 0 radical (unpaired) electrons. The minimum absolute atomic E-state index is 0.0855. The molecule has 0 saturated carbocycles. The highest BCUT2D eigenvalue weighted by atomic mass is 32.2. The zero-order valence-electron chi connectivity index (χ0n) is 13.8. The van der Waals surface area contributed by atoms with Crippen LogP contribution in [0.25, 0.3) is 0 Å². The van der Waals surface area contributed by atoms with Gasteiger partial charge in [0.1, 0.15) is 0 Å². The first kappa shape index (κ1) is 17.4. The van der Waals surface area contributed by atoms with E-state index >= 15 is 0 Å². The summed E-state index contributed by atoms with van der Waals surface area (Å²) in [4.78, 5) is 11.5. The number of carbonyl (C=O) groups excluding carboxylic acids is 1. The highest BCUT2D eigenvalue weighted by molar-refractivity contribution is 7.89. The predicted octanol–water partition coefficient (Wildman–Crippen LogP) is 3.33. The van der Waals surface area contributed by atoms with Crippen molar-refractivity contribution in [1.29, 1.82) is 0 Å². The molecule has 0 saturated heterocycles. The van der Waals surface area contributed by atoms with Gasteiger partial charge in [-0.3, -0.25) is 4.79 Å². The number of rotatable bonds is 5. The molecular formula is C18H21NO3S. The summed E-state index contributed by atoms with van der Waals surface area (Å²) in [5.74, 6) is -0.0855. The minimum Gasteiger partial charge on any atom is -0.295 e. The molecule has 4 nitrogen and oxygen atoms in total. The Kier molecular flexibility index (Phi) is 5.02. The molecule has 122 valence electrons. The van der Waals surface area contributed by atoms with E-state index in [0.29, 0.717) is 12.1 Å². The zero-order valence-corrected chi connectivity index (χ0v) is 14.6. The van der Waals surface area contributed by atoms with Gasteiger partial charge in [-0.15, -0.1) is 0 Å². The maximum Gasteiger partial charge on any atom is 0.243 e. The fourth-order valence-corrected chi connectivity index (χ4v) is 3.49. The first-order chi connectivity index (χ1) is 10.7. The number of hydrogen-bond acceptors (Lipinski definition) is 3. The van der Waals surface area contributed by atoms with E-state index in [1.54, 1.807) is 19.2 Å². The van der Waals surface area contributed by atoms with Crippen LogP contribution in [0, 0.1) is 13.8 Å². The van der Waals surface area contributed by atoms with Gasteiger partial charge in [0.2, 0.25) is 10.0 Å². The smallest absolute Gasteiger partial charge is 0.243 e. The Morgan fingerprint density at radius 2 is 1.65 bits per heavy atom. The molecule has 0 N–H and O–H groups in total. The molecule has 0 aliphatic rings. The van der Waals surface area contributed by atoms with E-state index in [9.17, 15) is 13.2 Å². The van der Waals surface area contributed by atoms with Crippen molar-refractivity contribution in [3.05, 3.63) is 64.7 Å². The molecule has 0 aliphatic heterocycles. The minimum atomic E-state index is -3.59. The van der Waals surface area contributed by atoms with Crippen molar-refractivity contribution in [1.82, 2.24) is 4.31 Å². The van der Waals surface area contributed by atoms with Crippen molar-refractivity contribution < 1.29 is 13.2 Å². The van der Waals surface area contributed by atoms with Gasteiger partial charge in [-0.05, 0) is 44.0 Å². The molecular weight excluding hydrogens is 310 g/mol. The largest absolute Gasteiger partial charge is 0.295 e. The van der Waals surface area contributed by atoms with E-state index in [1.807, 2.05) is 32.0 Å². The van der Waals surface area contributed by atoms with Crippen molar-refractivity contribution in [3.63, 3.8) is 0 Å². The molecule has 0 heterocycles. The molecule has 23 heavy (non-hydrogen) atoms. The van der Waals surface area contributed by atoms with Crippen LogP contribution >= 0.6 is 0 Å². The van der Waals surface area contributed by atoms with E-state index in [-0.39, 0.29) is 10.7 Å². The van der Waals surface area contributed by atoms with Gasteiger partial charge >= 0.3 is 0 Å². The number of carbonyl (C=O) groups is 1. The van der Waals surface area contributed by atoms with Crippen molar-refractivity contribution in [3.8, 4) is 0 Å². The van der Waals surface area contributed by atoms with Crippen molar-refractivity contribution >= 4 is 15.8 Å². The molecule has 0 amide bonds. The Morgan fingerprint density at radius 1 is 1.04 bits per heavy atom. The molecule has 2 rings (SSSR count). The molecule has 0 spiro atoms. The quantitative estimate of drug-likeness (QED) is 0.790. The van der Waals surface area contributed by atoms with Crippen molar-refractivity contribution in [2.24, 2.45) is 0 Å². The predicted molar refractivity (Wildman–Crippen MR) is 91.0 cm³/mol. The van der Waals surface area contributed by atoms with Gasteiger partial charge in [-0.2, -0.15) is 4.31 Å². The summed E-state index contributed by atoms with van der Waals surface area (Å²) in [6, 6.07) is 12.0. The molecule has 2 aromatic rings. The van der Waals surface area contributed by atoms with Crippen LogP contribution in [0.15, 0.2) is 47.4 Å². The SMILES string of the molecule is CC(=O)c1ccc(S(=O)(=O)N(C)Cc2cc(C)ccc2C)cc1. The second-order valence-electron chi connectivity index (χ2n) is 5.77. The van der Waals surface area contributed by atoms with E-state index in [1.165, 1.54) is 23.4 Å². The van der Waals surface area contributed by atoms with Gasteiger partial charge in [0.15, 0.2) is 5.78 Å². The Morgan fingerprint density at radius 3 is 2.22 bits per heavy atom. The maximum atomic E-state index is 12.7. The maximum absolute atomic E-state index is 12.7. The van der Waals surface area contributed by atoms with Crippen molar-refractivity contribution in [2.45, 2.75) is 32.2 Å². The summed E-state index contributed by atoms with van der Waals surface area (Å²) in [5.41, 5.74) is 3.64. The van der Waals surface area contributed by atoms with E-state index in [0.717, 1.165) is 16.7 Å². The van der Waals surface area contributed by atoms with Crippen LogP contribution in [0.5, 0.6) is 0 Å². The monoisotopic (exact) mass is 331 g/mol. The molecule has 0 aliphatic carbocycles. The molecule has 0 bridgehead atoms. The summed E-state index contributed by atoms with van der Waals surface area (Å²) in [6.45, 7) is 5.72. The highest BCUT2D eigenvalue weighted by Crippen LogP contribution is 2.19. The van der Waals surface area contributed by atoms with Gasteiger partial charge in [-0.1, -0.05) is 35.9 Å². The topological polar surface area (TPSA) is 54.5 Å². The second kappa shape index (κ2) is 6.64. The first-order valence-corrected chi connectivity index (χ1v) is 8.79. The molecule has 0 atom stereocenters. The van der Waals surface area contributed by atoms with Crippen LogP contribution in [0.3, 0.4) is 0 Å². The summed E-state index contributed by atoms with van der Waals surface area (Å²) >= 11 is 0. The van der Waals surface area contributed by atoms with Gasteiger partial charge in [0.25, 0.3) is 0 Å². The van der Waals surface area contributed by atoms with E-state index in [4.69, 9.17) is 0 Å². The van der Waals surface area contributed by atoms with Crippen molar-refractivity contribution in [2.75, 3.05) is 7.05 Å². The Hall–Kier alpha value is -1.98. The number of nitrogens with zero attached hydrogens (tertiary/aromatic N) is 1. The third kappa shape index (κ3) is 3.86. The average molecular weight is 331 g/mol. The Bertz CT molecular complexity index is 824. The fourth-order valence-electron chi connectivity index (χ4n) is 2.34. The number of aryl methyl sites for hydroxylation is 2. The summed E-state index contributed by atoms with van der Waals surface area (Å²) in [6.07, 6.45) is 0. The Labute approximate surface area is 137 Å². The highest BCUT2D eigenvalue weighted by Gasteiger charge is 2.21. The van der Waals surface area contributed by atoms with Crippen LogP contribution in [0.1, 0.15) is 34.0 Å². The van der Waals surface area contributed by atoms with Crippen LogP contribution in [0.4, 0.5) is 0 Å². The standard InChI is InChI=1S/C18H21NO3S/c1-13-5-6-14(2)17(11-13)12-19(4)23(21,22)18-9-7-16(8-10-18)15(3)20/h5-11H,12H2,1-4H3. The number of sulfonamides is 1. The lowest BCUT2D eigenvalue weighted by Crippen LogP contribution is -2.26. The molecule has 2 aromatic carbocycles. The van der Waals surface area contributed by atoms with Crippen LogP contribution in [-0.2, 0) is 16.6 Å². The van der Waals surface area contributed by atoms with E-state index < -0.39 is 10.0 Å². The van der Waals surface area contributed by atoms with Crippen LogP contribution in [0.2, 0.25) is 0 Å². The Balaban J connectivity index is 2.28. The number of ketones is 1. The van der Waals surface area contributed by atoms with Gasteiger partial charge in [-0.25, -0.2) is 8.42 Å². The summed E-state index contributed by atoms with van der Waals surface area (Å²) < 4.78 is 26.6. The molecule has 0 aromatic heterocycles. The molecule has 0 unspecified atom stereocenters. The molecule has 5 heteroatoms. The van der Waals surface area contributed by atoms with E-state index in [2.05, 4.69) is 0 Å². The third-order valence-corrected chi connectivity index (χ3v) is 5.68. The number of benzene rings is 2. The normalized spacial score (nSPS) is 11.7. The number of hydrogen-bond donors (Lipinski definition) is 0. The first-order valence-electron chi connectivity index (χ1n) is 7.35. The lowest BCUT2D eigenvalue weighted by Gasteiger charge is -2.19. The second-order valence-corrected chi connectivity index (χ2v) is 7.82. The molecule has 0 fully saturated rings. The van der Waals surface area contributed by atoms with Crippen LogP contribution < -0.4 is 0 Å². The lowest BCUT2D eigenvalue weighted by atomic mass is 10.1. The lowest BCUT2D eigenvalue weighted by molar-refractivity contribution is 0.101. The number of Topliss-reactive ketones (excluding diaryl/α,β-unsaturated/α-hetero) is 1.